The minimum atomic E-state index is -0.295. The number of fused-ring (bicyclic) bond motifs is 6. The van der Waals surface area contributed by atoms with Crippen LogP contribution in [-0.4, -0.2) is 36.1 Å². The van der Waals surface area contributed by atoms with Crippen molar-refractivity contribution >= 4 is 16.9 Å². The number of esters is 1. The molecule has 0 saturated carbocycles. The van der Waals surface area contributed by atoms with Crippen LogP contribution in [0.15, 0.2) is 47.9 Å². The fraction of sp³-hybridized carbons (Fsp3) is 0.350. The van der Waals surface area contributed by atoms with Gasteiger partial charge in [-0.3, -0.25) is 0 Å². The molecular formula is C20H20N2O3. The van der Waals surface area contributed by atoms with Gasteiger partial charge >= 0.3 is 5.97 Å². The third-order valence-corrected chi connectivity index (χ3v) is 5.70. The monoisotopic (exact) mass is 336 g/mol. The zero-order chi connectivity index (χ0) is 17.0. The van der Waals surface area contributed by atoms with Crippen molar-refractivity contribution in [2.45, 2.75) is 18.9 Å². The summed E-state index contributed by atoms with van der Waals surface area (Å²) < 4.78 is 10.5. The molecule has 5 heteroatoms. The lowest BCUT2D eigenvalue weighted by Crippen LogP contribution is -2.39. The van der Waals surface area contributed by atoms with Crippen molar-refractivity contribution in [1.29, 1.82) is 0 Å². The summed E-state index contributed by atoms with van der Waals surface area (Å²) >= 11 is 0. The zero-order valence-electron chi connectivity index (χ0n) is 14.1. The lowest BCUT2D eigenvalue weighted by molar-refractivity contribution is -0.137. The van der Waals surface area contributed by atoms with Gasteiger partial charge in [0, 0.05) is 35.3 Å². The van der Waals surface area contributed by atoms with Crippen LogP contribution in [0, 0.1) is 5.92 Å². The number of rotatable bonds is 1. The molecule has 0 fully saturated rings. The minimum absolute atomic E-state index is 0.0693. The number of H-pyrrole nitrogens is 1. The smallest absolute Gasteiger partial charge is 0.337 e. The van der Waals surface area contributed by atoms with E-state index in [-0.39, 0.29) is 17.9 Å². The van der Waals surface area contributed by atoms with E-state index in [1.165, 1.54) is 34.8 Å². The van der Waals surface area contributed by atoms with E-state index in [1.807, 2.05) is 0 Å². The van der Waals surface area contributed by atoms with Crippen LogP contribution in [0.3, 0.4) is 0 Å². The Hall–Kier alpha value is -2.69. The molecule has 0 amide bonds. The van der Waals surface area contributed by atoms with Crippen LogP contribution in [0.5, 0.6) is 0 Å². The van der Waals surface area contributed by atoms with E-state index in [0.717, 1.165) is 19.4 Å². The van der Waals surface area contributed by atoms with E-state index in [0.29, 0.717) is 12.2 Å². The van der Waals surface area contributed by atoms with Gasteiger partial charge in [-0.2, -0.15) is 0 Å². The molecule has 0 saturated heterocycles. The molecule has 1 N–H and O–H groups in total. The third-order valence-electron chi connectivity index (χ3n) is 5.70. The summed E-state index contributed by atoms with van der Waals surface area (Å²) in [5.41, 5.74) is 5.70. The van der Waals surface area contributed by atoms with Gasteiger partial charge in [0.15, 0.2) is 0 Å². The number of carbonyl (C=O) groups is 1. The number of para-hydroxylation sites is 1. The first-order valence-corrected chi connectivity index (χ1v) is 8.72. The summed E-state index contributed by atoms with van der Waals surface area (Å²) in [4.78, 5) is 18.2. The first kappa shape index (κ1) is 14.6. The lowest BCUT2D eigenvalue weighted by Gasteiger charge is -2.43. The van der Waals surface area contributed by atoms with E-state index in [1.54, 1.807) is 6.26 Å². The standard InChI is InChI=1S/C20H20N2O3/c1-24-20(23)16-11-25-10-12-9-22-7-6-14-13-4-2-3-5-17(13)21-19(14)18(22)8-15(12)16/h2-5,9,11,15,18,21H,6-8,10H2,1H3/t15-,18-/m0/s1. The van der Waals surface area contributed by atoms with Gasteiger partial charge < -0.3 is 19.4 Å². The number of methoxy groups -OCH3 is 1. The summed E-state index contributed by atoms with van der Waals surface area (Å²) in [6.07, 6.45) is 5.68. The molecule has 0 radical (unpaired) electrons. The average Bonchev–Trinajstić information content (AvgIpc) is 3.04. The topological polar surface area (TPSA) is 54.6 Å². The van der Waals surface area contributed by atoms with Crippen molar-refractivity contribution in [3.8, 4) is 0 Å². The number of ether oxygens (including phenoxy) is 2. The summed E-state index contributed by atoms with van der Waals surface area (Å²) in [6, 6.07) is 8.75. The second-order valence-corrected chi connectivity index (χ2v) is 6.93. The zero-order valence-corrected chi connectivity index (χ0v) is 14.1. The molecule has 2 aromatic rings. The van der Waals surface area contributed by atoms with Crippen molar-refractivity contribution in [3.63, 3.8) is 0 Å². The van der Waals surface area contributed by atoms with E-state index in [9.17, 15) is 4.79 Å². The lowest BCUT2D eigenvalue weighted by atomic mass is 9.79. The first-order valence-electron chi connectivity index (χ1n) is 8.72. The van der Waals surface area contributed by atoms with Crippen LogP contribution >= 0.6 is 0 Å². The molecule has 5 nitrogen and oxygen atoms in total. The molecule has 0 aliphatic carbocycles. The largest absolute Gasteiger partial charge is 0.496 e. The molecule has 0 unspecified atom stereocenters. The van der Waals surface area contributed by atoms with Crippen molar-refractivity contribution < 1.29 is 14.3 Å². The van der Waals surface area contributed by atoms with Crippen LogP contribution in [0.2, 0.25) is 0 Å². The van der Waals surface area contributed by atoms with Crippen molar-refractivity contribution in [1.82, 2.24) is 9.88 Å². The Balaban J connectivity index is 1.58. The van der Waals surface area contributed by atoms with Crippen LogP contribution < -0.4 is 0 Å². The van der Waals surface area contributed by atoms with E-state index < -0.39 is 0 Å². The maximum absolute atomic E-state index is 12.1. The van der Waals surface area contributed by atoms with Gasteiger partial charge in [-0.1, -0.05) is 18.2 Å². The van der Waals surface area contributed by atoms with Crippen LogP contribution in [0.25, 0.3) is 10.9 Å². The summed E-state index contributed by atoms with van der Waals surface area (Å²) in [5.74, 6) is -0.225. The van der Waals surface area contributed by atoms with Gasteiger partial charge in [-0.15, -0.1) is 0 Å². The van der Waals surface area contributed by atoms with Crippen molar-refractivity contribution in [3.05, 3.63) is 59.1 Å². The molecule has 0 spiro atoms. The molecule has 0 bridgehead atoms. The molecule has 2 atom stereocenters. The quantitative estimate of drug-likeness (QED) is 0.813. The fourth-order valence-corrected chi connectivity index (χ4v) is 4.51. The average molecular weight is 336 g/mol. The molecular weight excluding hydrogens is 316 g/mol. The Morgan fingerprint density at radius 1 is 1.36 bits per heavy atom. The second kappa shape index (κ2) is 5.41. The maximum Gasteiger partial charge on any atom is 0.337 e. The highest BCUT2D eigenvalue weighted by Crippen LogP contribution is 2.45. The number of carbonyl (C=O) groups excluding carboxylic acids is 1. The highest BCUT2D eigenvalue weighted by atomic mass is 16.5. The van der Waals surface area contributed by atoms with Gasteiger partial charge in [0.25, 0.3) is 0 Å². The van der Waals surface area contributed by atoms with Gasteiger partial charge in [-0.25, -0.2) is 4.79 Å². The number of aromatic nitrogens is 1. The second-order valence-electron chi connectivity index (χ2n) is 6.93. The molecule has 128 valence electrons. The summed E-state index contributed by atoms with van der Waals surface area (Å²) in [6.45, 7) is 1.54. The number of hydrogen-bond acceptors (Lipinski definition) is 4. The Bertz CT molecular complexity index is 924. The van der Waals surface area contributed by atoms with E-state index in [2.05, 4.69) is 40.3 Å². The number of nitrogens with zero attached hydrogens (tertiary/aromatic N) is 1. The van der Waals surface area contributed by atoms with Crippen LogP contribution in [0.1, 0.15) is 23.7 Å². The van der Waals surface area contributed by atoms with E-state index >= 15 is 0 Å². The maximum atomic E-state index is 12.1. The summed E-state index contributed by atoms with van der Waals surface area (Å²) in [7, 11) is 1.42. The molecule has 3 aliphatic rings. The highest BCUT2D eigenvalue weighted by Gasteiger charge is 2.40. The SMILES string of the molecule is COC(=O)C1=COCC2=CN3CCc4c([nH]c5ccccc45)[C@@H]3C[C@@H]21. The minimum Gasteiger partial charge on any atom is -0.496 e. The Labute approximate surface area is 145 Å². The molecule has 5 rings (SSSR count). The third kappa shape index (κ3) is 2.11. The van der Waals surface area contributed by atoms with E-state index in [4.69, 9.17) is 9.47 Å². The first-order chi connectivity index (χ1) is 12.3. The molecule has 1 aromatic carbocycles. The Morgan fingerprint density at radius 3 is 3.12 bits per heavy atom. The number of aromatic amines is 1. The fourth-order valence-electron chi connectivity index (χ4n) is 4.51. The van der Waals surface area contributed by atoms with Gasteiger partial charge in [-0.05, 0) is 30.0 Å². The number of benzene rings is 1. The van der Waals surface area contributed by atoms with Crippen molar-refractivity contribution in [2.75, 3.05) is 20.3 Å². The summed E-state index contributed by atoms with van der Waals surface area (Å²) in [5, 5.41) is 1.32. The van der Waals surface area contributed by atoms with Gasteiger partial charge in [0.2, 0.25) is 0 Å². The molecule has 4 heterocycles. The van der Waals surface area contributed by atoms with Crippen LogP contribution in [-0.2, 0) is 20.7 Å². The van der Waals surface area contributed by atoms with Crippen molar-refractivity contribution in [2.24, 2.45) is 5.92 Å². The number of nitrogens with one attached hydrogen (secondary N) is 1. The molecule has 3 aliphatic heterocycles. The Morgan fingerprint density at radius 2 is 2.24 bits per heavy atom. The van der Waals surface area contributed by atoms with Gasteiger partial charge in [0.05, 0.1) is 25.0 Å². The van der Waals surface area contributed by atoms with Gasteiger partial charge in [0.1, 0.15) is 6.61 Å². The number of hydrogen-bond donors (Lipinski definition) is 1. The Kier molecular flexibility index (Phi) is 3.17. The normalized spacial score (nSPS) is 24.4. The predicted octanol–water partition coefficient (Wildman–Crippen LogP) is 3.06. The molecule has 25 heavy (non-hydrogen) atoms. The molecule has 1 aromatic heterocycles. The van der Waals surface area contributed by atoms with Crippen LogP contribution in [0.4, 0.5) is 0 Å². The predicted molar refractivity (Wildman–Crippen MR) is 93.7 cm³/mol. The highest BCUT2D eigenvalue weighted by molar-refractivity contribution is 5.90.